The number of benzene rings is 4. The molecule has 0 aromatic heterocycles. The molecule has 4 aromatic carbocycles. The summed E-state index contributed by atoms with van der Waals surface area (Å²) < 4.78 is 16.6. The molecular formula is C46H58O6. The van der Waals surface area contributed by atoms with Gasteiger partial charge in [0.05, 0.1) is 19.8 Å². The van der Waals surface area contributed by atoms with Crippen LogP contribution in [0.1, 0.15) is 103 Å². The van der Waals surface area contributed by atoms with E-state index in [0.717, 1.165) is 65.9 Å². The summed E-state index contributed by atoms with van der Waals surface area (Å²) in [6, 6.07) is 32.5. The zero-order valence-electron chi connectivity index (χ0n) is 31.5. The summed E-state index contributed by atoms with van der Waals surface area (Å²) >= 11 is 0. The monoisotopic (exact) mass is 706 g/mol. The summed E-state index contributed by atoms with van der Waals surface area (Å²) in [6.45, 7) is 8.28. The fourth-order valence-electron chi connectivity index (χ4n) is 5.58. The van der Waals surface area contributed by atoms with Gasteiger partial charge in [0.2, 0.25) is 0 Å². The van der Waals surface area contributed by atoms with Crippen molar-refractivity contribution in [1.29, 1.82) is 0 Å². The van der Waals surface area contributed by atoms with E-state index in [1.807, 2.05) is 55.5 Å². The number of carbonyl (C=O) groups is 2. The molecule has 4 aromatic rings. The number of aliphatic carboxylic acids is 1. The van der Waals surface area contributed by atoms with Crippen molar-refractivity contribution >= 4 is 18.0 Å². The fraction of sp³-hybridized carbons (Fsp3) is 0.391. The van der Waals surface area contributed by atoms with Gasteiger partial charge in [-0.2, -0.15) is 0 Å². The minimum atomic E-state index is -0.940. The number of carboxylic acid groups (broad SMARTS) is 1. The Balaban J connectivity index is 0.000000281. The van der Waals surface area contributed by atoms with E-state index in [0.29, 0.717) is 19.4 Å². The number of carbonyl (C=O) groups excluding carboxylic acids is 1. The zero-order chi connectivity index (χ0) is 37.2. The Morgan fingerprint density at radius 3 is 1.40 bits per heavy atom. The van der Waals surface area contributed by atoms with Crippen LogP contribution in [0.4, 0.5) is 0 Å². The van der Waals surface area contributed by atoms with Gasteiger partial charge in [0.25, 0.3) is 0 Å². The van der Waals surface area contributed by atoms with Gasteiger partial charge in [0.15, 0.2) is 0 Å². The summed E-state index contributed by atoms with van der Waals surface area (Å²) in [5.74, 6) is 0.758. The first kappa shape index (κ1) is 41.6. The quantitative estimate of drug-likeness (QED) is 0.0498. The van der Waals surface area contributed by atoms with Crippen LogP contribution >= 0.6 is 0 Å². The van der Waals surface area contributed by atoms with Crippen LogP contribution in [0.3, 0.4) is 0 Å². The van der Waals surface area contributed by atoms with Gasteiger partial charge in [-0.05, 0) is 89.9 Å². The minimum absolute atomic E-state index is 0.137. The second kappa shape index (κ2) is 25.2. The molecule has 278 valence electrons. The first-order chi connectivity index (χ1) is 25.4. The summed E-state index contributed by atoms with van der Waals surface area (Å²) in [5, 5.41) is 8.65. The van der Waals surface area contributed by atoms with E-state index in [9.17, 15) is 9.59 Å². The molecule has 0 saturated heterocycles. The lowest BCUT2D eigenvalue weighted by Crippen LogP contribution is -2.05. The van der Waals surface area contributed by atoms with Crippen LogP contribution in [-0.4, -0.2) is 36.9 Å². The van der Waals surface area contributed by atoms with Gasteiger partial charge in [0, 0.05) is 12.5 Å². The van der Waals surface area contributed by atoms with Crippen molar-refractivity contribution in [3.05, 3.63) is 114 Å². The molecule has 0 aliphatic carbocycles. The third-order valence-corrected chi connectivity index (χ3v) is 8.61. The van der Waals surface area contributed by atoms with Gasteiger partial charge in [0.1, 0.15) is 11.5 Å². The molecule has 0 aliphatic rings. The van der Waals surface area contributed by atoms with E-state index in [1.54, 1.807) is 6.08 Å². The molecule has 0 fully saturated rings. The van der Waals surface area contributed by atoms with Gasteiger partial charge < -0.3 is 19.3 Å². The molecule has 6 nitrogen and oxygen atoms in total. The van der Waals surface area contributed by atoms with Crippen molar-refractivity contribution in [2.24, 2.45) is 0 Å². The molecule has 52 heavy (non-hydrogen) atoms. The van der Waals surface area contributed by atoms with Gasteiger partial charge in [-0.25, -0.2) is 4.79 Å². The topological polar surface area (TPSA) is 82.1 Å². The highest BCUT2D eigenvalue weighted by atomic mass is 16.5. The second-order valence-electron chi connectivity index (χ2n) is 12.9. The van der Waals surface area contributed by atoms with Gasteiger partial charge in [-0.3, -0.25) is 4.79 Å². The maximum absolute atomic E-state index is 11.4. The largest absolute Gasteiger partial charge is 0.494 e. The molecular weight excluding hydrogens is 649 g/mol. The minimum Gasteiger partial charge on any atom is -0.494 e. The zero-order valence-corrected chi connectivity index (χ0v) is 31.5. The Hall–Kier alpha value is -4.84. The van der Waals surface area contributed by atoms with E-state index >= 15 is 0 Å². The van der Waals surface area contributed by atoms with Crippen LogP contribution in [0.5, 0.6) is 11.5 Å². The molecule has 0 radical (unpaired) electrons. The lowest BCUT2D eigenvalue weighted by atomic mass is 10.0. The fourth-order valence-corrected chi connectivity index (χ4v) is 5.58. The van der Waals surface area contributed by atoms with Crippen LogP contribution in [0, 0.1) is 0 Å². The number of esters is 1. The summed E-state index contributed by atoms with van der Waals surface area (Å²) in [5.41, 5.74) is 6.56. The predicted octanol–water partition coefficient (Wildman–Crippen LogP) is 12.0. The van der Waals surface area contributed by atoms with Crippen LogP contribution in [0.2, 0.25) is 0 Å². The van der Waals surface area contributed by atoms with Crippen molar-refractivity contribution in [3.63, 3.8) is 0 Å². The molecule has 0 heterocycles. The van der Waals surface area contributed by atoms with Gasteiger partial charge >= 0.3 is 11.9 Å². The van der Waals surface area contributed by atoms with Crippen molar-refractivity contribution < 1.29 is 28.9 Å². The Morgan fingerprint density at radius 1 is 0.558 bits per heavy atom. The van der Waals surface area contributed by atoms with Gasteiger partial charge in [-0.15, -0.1) is 0 Å². The molecule has 0 unspecified atom stereocenters. The Bertz CT molecular complexity index is 1570. The van der Waals surface area contributed by atoms with E-state index < -0.39 is 5.97 Å². The number of rotatable bonds is 22. The molecule has 6 heteroatoms. The average molecular weight is 707 g/mol. The SMILES string of the molecule is CCCCCCCOc1ccc(-c2ccc(C=CC(=O)O)cc2)cc1.CCCCCCCOc1ccc(-c2ccc(CCC(=O)OCC)cc2)cc1. The Labute approximate surface area is 311 Å². The number of ether oxygens (including phenoxy) is 3. The Kier molecular flexibility index (Phi) is 20.1. The molecule has 4 rings (SSSR count). The molecule has 0 bridgehead atoms. The summed E-state index contributed by atoms with van der Waals surface area (Å²) in [4.78, 5) is 22.0. The van der Waals surface area contributed by atoms with Crippen molar-refractivity contribution in [3.8, 4) is 33.8 Å². The number of hydrogen-bond acceptors (Lipinski definition) is 5. The van der Waals surface area contributed by atoms with Crippen molar-refractivity contribution in [2.75, 3.05) is 19.8 Å². The van der Waals surface area contributed by atoms with Crippen LogP contribution < -0.4 is 9.47 Å². The maximum atomic E-state index is 11.4. The number of carboxylic acids is 1. The number of hydrogen-bond donors (Lipinski definition) is 1. The standard InChI is InChI=1S/C24H32O3.C22H26O3/c1-3-5-6-7-8-19-27-23-16-14-22(15-17-23)21-12-9-20(10-13-21)11-18-24(25)26-4-2;1-2-3-4-5-6-17-25-21-14-12-20(13-15-21)19-10-7-18(8-11-19)9-16-22(23)24/h9-10,12-17H,3-8,11,18-19H2,1-2H3;7-16H,2-6,17H2,1H3,(H,23,24). The highest BCUT2D eigenvalue weighted by Gasteiger charge is 2.05. The molecule has 0 saturated carbocycles. The van der Waals surface area contributed by atoms with E-state index in [4.69, 9.17) is 19.3 Å². The Morgan fingerprint density at radius 2 is 0.981 bits per heavy atom. The lowest BCUT2D eigenvalue weighted by molar-refractivity contribution is -0.143. The normalized spacial score (nSPS) is 10.8. The van der Waals surface area contributed by atoms with E-state index in [-0.39, 0.29) is 5.97 Å². The highest BCUT2D eigenvalue weighted by Crippen LogP contribution is 2.25. The summed E-state index contributed by atoms with van der Waals surface area (Å²) in [6.07, 6.45) is 16.3. The third-order valence-electron chi connectivity index (χ3n) is 8.61. The van der Waals surface area contributed by atoms with Crippen molar-refractivity contribution in [2.45, 2.75) is 97.8 Å². The second-order valence-corrected chi connectivity index (χ2v) is 12.9. The lowest BCUT2D eigenvalue weighted by Gasteiger charge is -2.08. The molecule has 0 spiro atoms. The predicted molar refractivity (Wildman–Crippen MR) is 214 cm³/mol. The maximum Gasteiger partial charge on any atom is 0.328 e. The highest BCUT2D eigenvalue weighted by molar-refractivity contribution is 5.85. The van der Waals surface area contributed by atoms with Crippen molar-refractivity contribution in [1.82, 2.24) is 0 Å². The molecule has 0 atom stereocenters. The van der Waals surface area contributed by atoms with Gasteiger partial charge in [-0.1, -0.05) is 138 Å². The third kappa shape index (κ3) is 16.9. The smallest absolute Gasteiger partial charge is 0.328 e. The first-order valence-electron chi connectivity index (χ1n) is 19.1. The molecule has 0 amide bonds. The summed E-state index contributed by atoms with van der Waals surface area (Å²) in [7, 11) is 0. The number of unbranched alkanes of at least 4 members (excludes halogenated alkanes) is 8. The van der Waals surface area contributed by atoms with E-state index in [2.05, 4.69) is 62.4 Å². The number of aryl methyl sites for hydroxylation is 1. The average Bonchev–Trinajstić information content (AvgIpc) is 3.17. The van der Waals surface area contributed by atoms with E-state index in [1.165, 1.54) is 62.5 Å². The van der Waals surface area contributed by atoms with Crippen LogP contribution in [0.25, 0.3) is 28.3 Å². The van der Waals surface area contributed by atoms with Crippen LogP contribution in [-0.2, 0) is 20.7 Å². The molecule has 1 N–H and O–H groups in total. The molecule has 0 aliphatic heterocycles. The first-order valence-corrected chi connectivity index (χ1v) is 19.1. The van der Waals surface area contributed by atoms with Crippen LogP contribution in [0.15, 0.2) is 103 Å².